The number of hydrogen-bond acceptors (Lipinski definition) is 8. The lowest BCUT2D eigenvalue weighted by Crippen LogP contribution is -2.25. The number of esters is 2. The Kier molecular flexibility index (Phi) is 33.8. The summed E-state index contributed by atoms with van der Waals surface area (Å²) in [4.78, 5) is 24.6. The molecular weight excluding hydrogens is 649 g/mol. The smallest absolute Gasteiger partial charge is 0.305 e. The molecule has 0 rings (SSSR count). The maximum Gasteiger partial charge on any atom is 0.305 e. The third-order valence-corrected chi connectivity index (χ3v) is 10.1. The van der Waals surface area contributed by atoms with E-state index in [4.69, 9.17) is 9.47 Å². The summed E-state index contributed by atoms with van der Waals surface area (Å²) in [7, 11) is 0. The van der Waals surface area contributed by atoms with Crippen LogP contribution in [-0.2, 0) is 19.1 Å². The van der Waals surface area contributed by atoms with Crippen molar-refractivity contribution in [1.29, 1.82) is 10.5 Å². The predicted molar refractivity (Wildman–Crippen MR) is 214 cm³/mol. The highest BCUT2D eigenvalue weighted by molar-refractivity contribution is 5.69. The van der Waals surface area contributed by atoms with Crippen LogP contribution in [-0.4, -0.2) is 36.2 Å². The SMILES string of the molecule is CCCCCCCCCCCCCCCCOC(=O)CCC(C)(C#N)N=NC(C)(C#N)CCC(=O)OCCCCCCCCCCCCCCCC. The van der Waals surface area contributed by atoms with Gasteiger partial charge < -0.3 is 9.47 Å². The number of nitriles is 2. The van der Waals surface area contributed by atoms with Crippen molar-refractivity contribution in [2.45, 2.75) is 244 Å². The molecule has 0 aromatic carbocycles. The lowest BCUT2D eigenvalue weighted by molar-refractivity contribution is -0.145. The number of azo groups is 1. The van der Waals surface area contributed by atoms with Gasteiger partial charge in [0.15, 0.2) is 11.1 Å². The molecule has 0 N–H and O–H groups in total. The molecule has 52 heavy (non-hydrogen) atoms. The van der Waals surface area contributed by atoms with Gasteiger partial charge in [-0.2, -0.15) is 20.8 Å². The van der Waals surface area contributed by atoms with Gasteiger partial charge in [-0.15, -0.1) is 0 Å². The van der Waals surface area contributed by atoms with Crippen LogP contribution in [0.25, 0.3) is 0 Å². The Hall–Kier alpha value is -2.48. The summed E-state index contributed by atoms with van der Waals surface area (Å²) < 4.78 is 10.8. The van der Waals surface area contributed by atoms with Gasteiger partial charge in [0, 0.05) is 12.8 Å². The molecule has 0 fully saturated rings. The second-order valence-electron chi connectivity index (χ2n) is 15.6. The third kappa shape index (κ3) is 32.2. The molecule has 2 unspecified atom stereocenters. The van der Waals surface area contributed by atoms with Gasteiger partial charge in [-0.3, -0.25) is 9.59 Å². The molecule has 0 aromatic heterocycles. The van der Waals surface area contributed by atoms with Crippen molar-refractivity contribution in [3.05, 3.63) is 0 Å². The van der Waals surface area contributed by atoms with Crippen molar-refractivity contribution in [2.75, 3.05) is 13.2 Å². The molecule has 8 heteroatoms. The average Bonchev–Trinajstić information content (AvgIpc) is 3.15. The van der Waals surface area contributed by atoms with E-state index in [1.165, 1.54) is 141 Å². The first-order valence-electron chi connectivity index (χ1n) is 21.8. The van der Waals surface area contributed by atoms with Crippen molar-refractivity contribution in [2.24, 2.45) is 10.2 Å². The highest BCUT2D eigenvalue weighted by Crippen LogP contribution is 2.24. The highest BCUT2D eigenvalue weighted by Gasteiger charge is 2.30. The van der Waals surface area contributed by atoms with E-state index in [2.05, 4.69) is 36.2 Å². The van der Waals surface area contributed by atoms with Gasteiger partial charge in [0.05, 0.1) is 25.4 Å². The van der Waals surface area contributed by atoms with Gasteiger partial charge >= 0.3 is 11.9 Å². The number of carbonyl (C=O) groups is 2. The molecule has 0 aromatic rings. The number of carbonyl (C=O) groups excluding carboxylic acids is 2. The third-order valence-electron chi connectivity index (χ3n) is 10.1. The zero-order valence-electron chi connectivity index (χ0n) is 34.5. The molecule has 0 radical (unpaired) electrons. The lowest BCUT2D eigenvalue weighted by atomic mass is 9.97. The van der Waals surface area contributed by atoms with Gasteiger partial charge in [0.25, 0.3) is 0 Å². The largest absolute Gasteiger partial charge is 0.466 e. The molecule has 2 atom stereocenters. The quantitative estimate of drug-likeness (QED) is 0.0354. The van der Waals surface area contributed by atoms with Crippen LogP contribution in [0.15, 0.2) is 10.2 Å². The molecule has 0 saturated carbocycles. The van der Waals surface area contributed by atoms with E-state index in [1.807, 2.05) is 0 Å². The first-order valence-corrected chi connectivity index (χ1v) is 21.8. The maximum absolute atomic E-state index is 12.3. The Morgan fingerprint density at radius 1 is 0.442 bits per heavy atom. The van der Waals surface area contributed by atoms with Crippen molar-refractivity contribution in [1.82, 2.24) is 0 Å². The molecule has 0 amide bonds. The number of nitrogens with zero attached hydrogens (tertiary/aromatic N) is 4. The van der Waals surface area contributed by atoms with Gasteiger partial charge in [0.2, 0.25) is 0 Å². The fraction of sp³-hybridized carbons (Fsp3) is 0.909. The molecule has 0 heterocycles. The molecule has 0 aliphatic rings. The second kappa shape index (κ2) is 35.5. The first kappa shape index (κ1) is 49.5. The van der Waals surface area contributed by atoms with Crippen LogP contribution in [0.3, 0.4) is 0 Å². The van der Waals surface area contributed by atoms with Crippen LogP contribution in [0.4, 0.5) is 0 Å². The highest BCUT2D eigenvalue weighted by atomic mass is 16.5. The lowest BCUT2D eigenvalue weighted by Gasteiger charge is -2.19. The van der Waals surface area contributed by atoms with Gasteiger partial charge in [0.1, 0.15) is 0 Å². The molecule has 300 valence electrons. The van der Waals surface area contributed by atoms with Crippen LogP contribution in [0, 0.1) is 22.7 Å². The standard InChI is InChI=1S/C44H80N4O4/c1-5-7-9-11-13-15-17-19-21-23-25-27-29-31-37-51-41(49)33-35-43(3,39-45)47-48-44(4,40-46)36-34-42(50)52-38-32-30-28-26-24-22-20-18-16-14-12-10-8-6-2/h5-38H2,1-4H3. The Labute approximate surface area is 320 Å². The number of ether oxygens (including phenoxy) is 2. The van der Waals surface area contributed by atoms with E-state index in [-0.39, 0.29) is 37.6 Å². The molecule has 0 aliphatic carbocycles. The topological polar surface area (TPSA) is 125 Å². The molecule has 0 saturated heterocycles. The summed E-state index contributed by atoms with van der Waals surface area (Å²) in [6.07, 6.45) is 36.1. The van der Waals surface area contributed by atoms with Crippen molar-refractivity contribution in [3.63, 3.8) is 0 Å². The van der Waals surface area contributed by atoms with Crippen LogP contribution in [0.1, 0.15) is 233 Å². The van der Waals surface area contributed by atoms with Crippen LogP contribution >= 0.6 is 0 Å². The van der Waals surface area contributed by atoms with E-state index in [0.717, 1.165) is 38.5 Å². The fourth-order valence-electron chi connectivity index (χ4n) is 6.28. The minimum Gasteiger partial charge on any atom is -0.466 e. The summed E-state index contributed by atoms with van der Waals surface area (Å²) in [6.45, 7) is 8.50. The maximum atomic E-state index is 12.3. The van der Waals surface area contributed by atoms with Crippen molar-refractivity contribution in [3.8, 4) is 12.1 Å². The van der Waals surface area contributed by atoms with Crippen LogP contribution < -0.4 is 0 Å². The monoisotopic (exact) mass is 729 g/mol. The van der Waals surface area contributed by atoms with Gasteiger partial charge in [-0.25, -0.2) is 0 Å². The summed E-state index contributed by atoms with van der Waals surface area (Å²) in [6, 6.07) is 4.24. The zero-order valence-corrected chi connectivity index (χ0v) is 34.5. The van der Waals surface area contributed by atoms with E-state index >= 15 is 0 Å². The Morgan fingerprint density at radius 3 is 0.904 bits per heavy atom. The number of unbranched alkanes of at least 4 members (excludes halogenated alkanes) is 26. The number of rotatable bonds is 38. The second-order valence-corrected chi connectivity index (χ2v) is 15.6. The van der Waals surface area contributed by atoms with E-state index in [0.29, 0.717) is 13.2 Å². The van der Waals surface area contributed by atoms with E-state index < -0.39 is 11.1 Å². The van der Waals surface area contributed by atoms with Crippen LogP contribution in [0.5, 0.6) is 0 Å². The first-order chi connectivity index (χ1) is 25.2. The summed E-state index contributed by atoms with van der Waals surface area (Å²) in [5.74, 6) is -0.702. The summed E-state index contributed by atoms with van der Waals surface area (Å²) in [5, 5.41) is 27.8. The predicted octanol–water partition coefficient (Wildman–Crippen LogP) is 13.6. The normalized spacial score (nSPS) is 13.7. The molecule has 0 bridgehead atoms. The average molecular weight is 729 g/mol. The van der Waals surface area contributed by atoms with Crippen molar-refractivity contribution >= 4 is 11.9 Å². The number of hydrogen-bond donors (Lipinski definition) is 0. The van der Waals surface area contributed by atoms with E-state index in [1.54, 1.807) is 13.8 Å². The van der Waals surface area contributed by atoms with Gasteiger partial charge in [-0.05, 0) is 39.5 Å². The molecule has 8 nitrogen and oxygen atoms in total. The fourth-order valence-corrected chi connectivity index (χ4v) is 6.28. The van der Waals surface area contributed by atoms with Crippen LogP contribution in [0.2, 0.25) is 0 Å². The van der Waals surface area contributed by atoms with Crippen molar-refractivity contribution < 1.29 is 19.1 Å². The minimum atomic E-state index is -1.26. The van der Waals surface area contributed by atoms with E-state index in [9.17, 15) is 20.1 Å². The summed E-state index contributed by atoms with van der Waals surface area (Å²) >= 11 is 0. The molecule has 0 spiro atoms. The van der Waals surface area contributed by atoms with Gasteiger partial charge in [-0.1, -0.05) is 181 Å². The Bertz CT molecular complexity index is 898. The molecule has 0 aliphatic heterocycles. The Morgan fingerprint density at radius 2 is 0.673 bits per heavy atom. The minimum absolute atomic E-state index is 0.0521. The summed E-state index contributed by atoms with van der Waals surface area (Å²) in [5.41, 5.74) is -2.53. The Balaban J connectivity index is 4.00. The zero-order chi connectivity index (χ0) is 38.4. The molecular formula is C44H80N4O4.